The van der Waals surface area contributed by atoms with Gasteiger partial charge in [-0.3, -0.25) is 0 Å². The molecule has 1 aliphatic rings. The highest BCUT2D eigenvalue weighted by molar-refractivity contribution is 5.96. The second kappa shape index (κ2) is 9.38. The molecule has 11 nitrogen and oxygen atoms in total. The van der Waals surface area contributed by atoms with Gasteiger partial charge in [-0.05, 0) is 60.8 Å². The minimum absolute atomic E-state index is 0.0379. The molecule has 0 bridgehead atoms. The molecular weight excluding hydrogens is 440 g/mol. The van der Waals surface area contributed by atoms with Gasteiger partial charge in [-0.25, -0.2) is 24.5 Å². The fraction of sp³-hybridized carbons (Fsp3) is 0.565. The lowest BCUT2D eigenvalue weighted by molar-refractivity contribution is 0.0513. The normalized spacial score (nSPS) is 18.3. The van der Waals surface area contributed by atoms with Crippen molar-refractivity contribution in [3.8, 4) is 6.07 Å². The van der Waals surface area contributed by atoms with Crippen LogP contribution in [0.15, 0.2) is 18.5 Å². The molecule has 2 atom stereocenters. The summed E-state index contributed by atoms with van der Waals surface area (Å²) in [6.45, 7) is 10.3. The van der Waals surface area contributed by atoms with Crippen molar-refractivity contribution in [2.45, 2.75) is 84.0 Å². The molecule has 182 valence electrons. The number of nitriles is 1. The quantitative estimate of drug-likeness (QED) is 0.703. The lowest BCUT2D eigenvalue weighted by Crippen LogP contribution is -2.37. The van der Waals surface area contributed by atoms with Crippen LogP contribution in [0.3, 0.4) is 0 Å². The monoisotopic (exact) mass is 470 g/mol. The van der Waals surface area contributed by atoms with Crippen LogP contribution in [-0.4, -0.2) is 54.3 Å². The Morgan fingerprint density at radius 3 is 2.29 bits per heavy atom. The molecule has 2 heterocycles. The maximum Gasteiger partial charge on any atom is 0.437 e. The molecule has 1 aliphatic carbocycles. The summed E-state index contributed by atoms with van der Waals surface area (Å²) in [4.78, 5) is 35.6. The predicted molar refractivity (Wildman–Crippen MR) is 122 cm³/mol. The van der Waals surface area contributed by atoms with Crippen LogP contribution in [0.2, 0.25) is 0 Å². The summed E-state index contributed by atoms with van der Waals surface area (Å²) < 4.78 is 12.1. The number of ether oxygens (including phenoxy) is 2. The van der Waals surface area contributed by atoms with Gasteiger partial charge in [0, 0.05) is 12.0 Å². The Hall–Kier alpha value is -3.52. The zero-order chi connectivity index (χ0) is 25.3. The van der Waals surface area contributed by atoms with Crippen LogP contribution in [0, 0.1) is 11.3 Å². The molecular formula is C23H30N6O5. The summed E-state index contributed by atoms with van der Waals surface area (Å²) in [5.41, 5.74) is -1.05. The van der Waals surface area contributed by atoms with Crippen LogP contribution in [0.25, 0.3) is 0 Å². The number of rotatable bonds is 3. The fourth-order valence-electron chi connectivity index (χ4n) is 3.52. The van der Waals surface area contributed by atoms with E-state index in [1.54, 1.807) is 47.6 Å². The lowest BCUT2D eigenvalue weighted by Gasteiger charge is -2.27. The van der Waals surface area contributed by atoms with Crippen molar-refractivity contribution in [3.63, 3.8) is 0 Å². The number of nitrogens with zero attached hydrogens (tertiary/aromatic N) is 6. The molecule has 2 aromatic heterocycles. The maximum absolute atomic E-state index is 13.3. The van der Waals surface area contributed by atoms with Gasteiger partial charge in [-0.2, -0.15) is 10.4 Å². The Morgan fingerprint density at radius 2 is 1.79 bits per heavy atom. The molecule has 2 aromatic rings. The number of carbonyl (C=O) groups is 2. The molecule has 1 fully saturated rings. The Morgan fingerprint density at radius 1 is 1.12 bits per heavy atom. The first kappa shape index (κ1) is 25.1. The zero-order valence-corrected chi connectivity index (χ0v) is 20.3. The van der Waals surface area contributed by atoms with Gasteiger partial charge >= 0.3 is 12.2 Å². The fourth-order valence-corrected chi connectivity index (χ4v) is 3.52. The molecule has 3 rings (SSSR count). The standard InChI is InChI=1S/C23H30N6O5/c1-22(2,3)33-20(31)28(18-13-25-15(11-24)12-26-18)19-10-17(14-7-8-16(30)9-14)27-29(19)21(32)34-23(4,5)6/h10,12-14,16,30H,7-9H2,1-6H3/t14-,16+/m0/s1. The van der Waals surface area contributed by atoms with Gasteiger partial charge in [0.25, 0.3) is 0 Å². The highest BCUT2D eigenvalue weighted by atomic mass is 16.6. The number of carbonyl (C=O) groups excluding carboxylic acids is 2. The topological polar surface area (TPSA) is 143 Å². The first-order chi connectivity index (χ1) is 15.8. The van der Waals surface area contributed by atoms with E-state index in [1.807, 2.05) is 6.07 Å². The van der Waals surface area contributed by atoms with Gasteiger partial charge < -0.3 is 14.6 Å². The number of hydrogen-bond acceptors (Lipinski definition) is 9. The highest BCUT2D eigenvalue weighted by Crippen LogP contribution is 2.37. The molecule has 34 heavy (non-hydrogen) atoms. The van der Waals surface area contributed by atoms with Crippen LogP contribution < -0.4 is 4.90 Å². The molecule has 0 aliphatic heterocycles. The molecule has 11 heteroatoms. The average molecular weight is 471 g/mol. The number of anilines is 2. The third-order valence-corrected chi connectivity index (χ3v) is 4.89. The summed E-state index contributed by atoms with van der Waals surface area (Å²) >= 11 is 0. The second-order valence-corrected chi connectivity index (χ2v) is 10.2. The van der Waals surface area contributed by atoms with Gasteiger partial charge in [-0.15, -0.1) is 4.68 Å². The average Bonchev–Trinajstić information content (AvgIpc) is 3.33. The van der Waals surface area contributed by atoms with Gasteiger partial charge in [0.15, 0.2) is 17.3 Å². The first-order valence-corrected chi connectivity index (χ1v) is 11.0. The third kappa shape index (κ3) is 6.08. The highest BCUT2D eigenvalue weighted by Gasteiger charge is 2.35. The Kier molecular flexibility index (Phi) is 6.93. The van der Waals surface area contributed by atoms with Crippen molar-refractivity contribution in [3.05, 3.63) is 29.8 Å². The number of hydrogen-bond donors (Lipinski definition) is 1. The van der Waals surface area contributed by atoms with Gasteiger partial charge in [0.2, 0.25) is 0 Å². The number of aromatic nitrogens is 4. The van der Waals surface area contributed by atoms with E-state index in [2.05, 4.69) is 15.1 Å². The van der Waals surface area contributed by atoms with E-state index >= 15 is 0 Å². The summed E-state index contributed by atoms with van der Waals surface area (Å²) in [6.07, 6.45) is 2.21. The molecule has 1 amide bonds. The van der Waals surface area contributed by atoms with Crippen molar-refractivity contribution in [2.24, 2.45) is 0 Å². The number of aliphatic hydroxyl groups is 1. The first-order valence-electron chi connectivity index (χ1n) is 11.0. The van der Waals surface area contributed by atoms with Crippen molar-refractivity contribution >= 4 is 23.8 Å². The van der Waals surface area contributed by atoms with Gasteiger partial charge in [0.1, 0.15) is 17.3 Å². The summed E-state index contributed by atoms with van der Waals surface area (Å²) in [6, 6.07) is 3.47. The molecule has 1 N–H and O–H groups in total. The van der Waals surface area contributed by atoms with Crippen molar-refractivity contribution < 1.29 is 24.2 Å². The third-order valence-electron chi connectivity index (χ3n) is 4.89. The predicted octanol–water partition coefficient (Wildman–Crippen LogP) is 4.03. The zero-order valence-electron chi connectivity index (χ0n) is 20.3. The minimum Gasteiger partial charge on any atom is -0.443 e. The molecule has 0 radical (unpaired) electrons. The van der Waals surface area contributed by atoms with E-state index in [9.17, 15) is 14.7 Å². The largest absolute Gasteiger partial charge is 0.443 e. The lowest BCUT2D eigenvalue weighted by atomic mass is 10.0. The van der Waals surface area contributed by atoms with Crippen LogP contribution >= 0.6 is 0 Å². The van der Waals surface area contributed by atoms with Gasteiger partial charge in [0.05, 0.1) is 24.2 Å². The summed E-state index contributed by atoms with van der Waals surface area (Å²) in [5.74, 6) is -0.000153. The van der Waals surface area contributed by atoms with Crippen LogP contribution in [0.4, 0.5) is 21.2 Å². The molecule has 0 spiro atoms. The van der Waals surface area contributed by atoms with Gasteiger partial charge in [-0.1, -0.05) is 0 Å². The Bertz CT molecular complexity index is 1090. The van der Waals surface area contributed by atoms with Crippen molar-refractivity contribution in [2.75, 3.05) is 4.90 Å². The summed E-state index contributed by atoms with van der Waals surface area (Å²) in [5, 5.41) is 23.5. The van der Waals surface area contributed by atoms with Crippen molar-refractivity contribution in [1.29, 1.82) is 5.26 Å². The van der Waals surface area contributed by atoms with Crippen molar-refractivity contribution in [1.82, 2.24) is 19.7 Å². The Balaban J connectivity index is 2.14. The SMILES string of the molecule is CC(C)(C)OC(=O)N(c1cnc(C#N)cn1)c1cc([C@H]2CC[C@@H](O)C2)nn1C(=O)OC(C)(C)C. The molecule has 1 saturated carbocycles. The number of aliphatic hydroxyl groups excluding tert-OH is 1. The number of amides is 1. The van der Waals surface area contributed by atoms with E-state index in [0.29, 0.717) is 25.0 Å². The van der Waals surface area contributed by atoms with Crippen LogP contribution in [0.1, 0.15) is 78.1 Å². The van der Waals surface area contributed by atoms with Crippen LogP contribution in [-0.2, 0) is 9.47 Å². The van der Waals surface area contributed by atoms with E-state index < -0.39 is 29.5 Å². The smallest absolute Gasteiger partial charge is 0.437 e. The second-order valence-electron chi connectivity index (χ2n) is 10.2. The molecule has 0 saturated heterocycles. The van der Waals surface area contributed by atoms with E-state index in [4.69, 9.17) is 14.7 Å². The molecule has 0 unspecified atom stereocenters. The minimum atomic E-state index is -0.843. The maximum atomic E-state index is 13.3. The summed E-state index contributed by atoms with van der Waals surface area (Å²) in [7, 11) is 0. The Labute approximate surface area is 198 Å². The van der Waals surface area contributed by atoms with Crippen LogP contribution in [0.5, 0.6) is 0 Å². The molecule has 0 aromatic carbocycles. The van der Waals surface area contributed by atoms with E-state index in [1.165, 1.54) is 12.4 Å². The van der Waals surface area contributed by atoms with E-state index in [0.717, 1.165) is 9.58 Å². The van der Waals surface area contributed by atoms with E-state index in [-0.39, 0.29) is 23.2 Å².